The van der Waals surface area contributed by atoms with Gasteiger partial charge >= 0.3 is 0 Å². The molecule has 0 aliphatic heterocycles. The fraction of sp³-hybridized carbons (Fsp3) is 0.692. The molecule has 2 atom stereocenters. The van der Waals surface area contributed by atoms with Gasteiger partial charge in [-0.15, -0.1) is 0 Å². The molecule has 0 aromatic heterocycles. The molecule has 2 aliphatic carbocycles. The molecule has 0 amide bonds. The summed E-state index contributed by atoms with van der Waals surface area (Å²) in [6.07, 6.45) is 10.3. The number of hydrogen-bond acceptors (Lipinski definition) is 1. The van der Waals surface area contributed by atoms with Crippen LogP contribution >= 0.6 is 0 Å². The van der Waals surface area contributed by atoms with Crippen LogP contribution in [0.1, 0.15) is 32.6 Å². The smallest absolute Gasteiger partial charge is 0.0101 e. The second-order valence-electron chi connectivity index (χ2n) is 4.51. The molecule has 1 heteroatoms. The van der Waals surface area contributed by atoms with E-state index in [9.17, 15) is 0 Å². The maximum Gasteiger partial charge on any atom is 0.0101 e. The summed E-state index contributed by atoms with van der Waals surface area (Å²) in [6, 6.07) is 0. The lowest BCUT2D eigenvalue weighted by atomic mass is 9.96. The van der Waals surface area contributed by atoms with Gasteiger partial charge in [0.25, 0.3) is 0 Å². The first kappa shape index (κ1) is 9.97. The Morgan fingerprint density at radius 1 is 1.36 bits per heavy atom. The molecular formula is C13H21N. The Balaban J connectivity index is 1.88. The third-order valence-electron chi connectivity index (χ3n) is 3.40. The van der Waals surface area contributed by atoms with Crippen molar-refractivity contribution in [3.05, 3.63) is 23.3 Å². The molecule has 0 bridgehead atoms. The van der Waals surface area contributed by atoms with Crippen molar-refractivity contribution in [3.8, 4) is 0 Å². The SMILES string of the molecule is CCCC1C=C2C(=CC1)C2CCNC. The summed E-state index contributed by atoms with van der Waals surface area (Å²) in [5, 5.41) is 3.23. The molecule has 0 aromatic rings. The topological polar surface area (TPSA) is 12.0 Å². The summed E-state index contributed by atoms with van der Waals surface area (Å²) >= 11 is 0. The second-order valence-corrected chi connectivity index (χ2v) is 4.51. The van der Waals surface area contributed by atoms with Crippen molar-refractivity contribution >= 4 is 0 Å². The summed E-state index contributed by atoms with van der Waals surface area (Å²) in [5.41, 5.74) is 3.33. The lowest BCUT2D eigenvalue weighted by Gasteiger charge is -2.09. The average molecular weight is 191 g/mol. The first-order valence-corrected chi connectivity index (χ1v) is 5.93. The zero-order valence-electron chi connectivity index (χ0n) is 9.34. The van der Waals surface area contributed by atoms with E-state index < -0.39 is 0 Å². The van der Waals surface area contributed by atoms with Crippen molar-refractivity contribution in [2.75, 3.05) is 13.6 Å². The van der Waals surface area contributed by atoms with Crippen molar-refractivity contribution < 1.29 is 0 Å². The standard InChI is InChI=1S/C13H21N/c1-3-4-10-5-6-11-12(7-8-14-2)13(11)9-10/h6,9-10,12,14H,3-5,7-8H2,1-2H3. The van der Waals surface area contributed by atoms with Gasteiger partial charge in [0.15, 0.2) is 0 Å². The lowest BCUT2D eigenvalue weighted by molar-refractivity contribution is 0.584. The van der Waals surface area contributed by atoms with E-state index in [1.165, 1.54) is 25.7 Å². The number of hydrogen-bond donors (Lipinski definition) is 1. The van der Waals surface area contributed by atoms with E-state index >= 15 is 0 Å². The zero-order chi connectivity index (χ0) is 9.97. The van der Waals surface area contributed by atoms with Crippen LogP contribution < -0.4 is 5.32 Å². The summed E-state index contributed by atoms with van der Waals surface area (Å²) in [4.78, 5) is 0. The average Bonchev–Trinajstić information content (AvgIpc) is 2.88. The summed E-state index contributed by atoms with van der Waals surface area (Å²) in [7, 11) is 2.04. The summed E-state index contributed by atoms with van der Waals surface area (Å²) in [6.45, 7) is 3.43. The van der Waals surface area contributed by atoms with Gasteiger partial charge in [-0.25, -0.2) is 0 Å². The molecule has 2 aliphatic rings. The van der Waals surface area contributed by atoms with Crippen LogP contribution in [0.3, 0.4) is 0 Å². The van der Waals surface area contributed by atoms with E-state index in [1.807, 2.05) is 7.05 Å². The summed E-state index contributed by atoms with van der Waals surface area (Å²) < 4.78 is 0. The van der Waals surface area contributed by atoms with Crippen LogP contribution in [0.25, 0.3) is 0 Å². The van der Waals surface area contributed by atoms with E-state index in [-0.39, 0.29) is 0 Å². The van der Waals surface area contributed by atoms with Crippen molar-refractivity contribution in [3.63, 3.8) is 0 Å². The number of rotatable bonds is 5. The predicted molar refractivity (Wildman–Crippen MR) is 61.2 cm³/mol. The molecule has 2 rings (SSSR count). The van der Waals surface area contributed by atoms with Crippen LogP contribution in [0.4, 0.5) is 0 Å². The highest BCUT2D eigenvalue weighted by Gasteiger charge is 2.38. The van der Waals surface area contributed by atoms with Gasteiger partial charge in [0.05, 0.1) is 0 Å². The minimum atomic E-state index is 0.823. The van der Waals surface area contributed by atoms with Crippen LogP contribution in [0.2, 0.25) is 0 Å². The normalized spacial score (nSPS) is 29.3. The van der Waals surface area contributed by atoms with Crippen molar-refractivity contribution in [1.29, 1.82) is 0 Å². The van der Waals surface area contributed by atoms with E-state index in [1.54, 1.807) is 11.1 Å². The first-order valence-electron chi connectivity index (χ1n) is 5.93. The fourth-order valence-electron chi connectivity index (χ4n) is 2.55. The van der Waals surface area contributed by atoms with Gasteiger partial charge in [0.2, 0.25) is 0 Å². The van der Waals surface area contributed by atoms with Crippen molar-refractivity contribution in [2.45, 2.75) is 32.6 Å². The van der Waals surface area contributed by atoms with Crippen LogP contribution in [-0.2, 0) is 0 Å². The van der Waals surface area contributed by atoms with Gasteiger partial charge in [-0.2, -0.15) is 0 Å². The Morgan fingerprint density at radius 2 is 2.21 bits per heavy atom. The van der Waals surface area contributed by atoms with Gasteiger partial charge in [-0.3, -0.25) is 0 Å². The zero-order valence-corrected chi connectivity index (χ0v) is 9.34. The third kappa shape index (κ3) is 1.93. The van der Waals surface area contributed by atoms with Crippen molar-refractivity contribution in [2.24, 2.45) is 11.8 Å². The molecular weight excluding hydrogens is 170 g/mol. The van der Waals surface area contributed by atoms with Crippen LogP contribution in [0.5, 0.6) is 0 Å². The Morgan fingerprint density at radius 3 is 2.93 bits per heavy atom. The van der Waals surface area contributed by atoms with Gasteiger partial charge < -0.3 is 5.32 Å². The predicted octanol–water partition coefficient (Wildman–Crippen LogP) is 2.90. The number of nitrogens with one attached hydrogen (secondary N) is 1. The Labute approximate surface area is 87.3 Å². The largest absolute Gasteiger partial charge is 0.320 e. The van der Waals surface area contributed by atoms with E-state index in [2.05, 4.69) is 24.4 Å². The Hall–Kier alpha value is -0.560. The molecule has 1 fully saturated rings. The van der Waals surface area contributed by atoms with Crippen LogP contribution in [-0.4, -0.2) is 13.6 Å². The molecule has 78 valence electrons. The quantitative estimate of drug-likeness (QED) is 0.704. The minimum Gasteiger partial charge on any atom is -0.320 e. The molecule has 1 N–H and O–H groups in total. The molecule has 14 heavy (non-hydrogen) atoms. The van der Waals surface area contributed by atoms with E-state index in [0.717, 1.165) is 18.4 Å². The van der Waals surface area contributed by atoms with Gasteiger partial charge in [-0.1, -0.05) is 25.5 Å². The van der Waals surface area contributed by atoms with Gasteiger partial charge in [0.1, 0.15) is 0 Å². The molecule has 1 nitrogen and oxygen atoms in total. The molecule has 0 aromatic carbocycles. The summed E-state index contributed by atoms with van der Waals surface area (Å²) in [5.74, 6) is 1.67. The van der Waals surface area contributed by atoms with E-state index in [0.29, 0.717) is 0 Å². The molecule has 0 saturated heterocycles. The molecule has 0 heterocycles. The first-order chi connectivity index (χ1) is 6.86. The van der Waals surface area contributed by atoms with Gasteiger partial charge in [0, 0.05) is 5.92 Å². The van der Waals surface area contributed by atoms with Gasteiger partial charge in [-0.05, 0) is 49.9 Å². The van der Waals surface area contributed by atoms with Crippen LogP contribution in [0.15, 0.2) is 23.3 Å². The van der Waals surface area contributed by atoms with E-state index in [4.69, 9.17) is 0 Å². The molecule has 0 radical (unpaired) electrons. The molecule has 1 saturated carbocycles. The number of fused-ring (bicyclic) bond motifs is 1. The monoisotopic (exact) mass is 191 g/mol. The highest BCUT2D eigenvalue weighted by atomic mass is 14.8. The minimum absolute atomic E-state index is 0.823. The Bertz CT molecular complexity index is 262. The molecule has 2 unspecified atom stereocenters. The third-order valence-corrected chi connectivity index (χ3v) is 3.40. The lowest BCUT2D eigenvalue weighted by Crippen LogP contribution is -2.07. The maximum atomic E-state index is 3.23. The molecule has 0 spiro atoms. The maximum absolute atomic E-state index is 3.23. The Kier molecular flexibility index (Phi) is 3.07. The van der Waals surface area contributed by atoms with Crippen molar-refractivity contribution in [1.82, 2.24) is 5.32 Å². The van der Waals surface area contributed by atoms with Crippen LogP contribution in [0, 0.1) is 11.8 Å². The number of allylic oxidation sites excluding steroid dienone is 4. The highest BCUT2D eigenvalue weighted by molar-refractivity contribution is 5.57. The fourth-order valence-corrected chi connectivity index (χ4v) is 2.55. The highest BCUT2D eigenvalue weighted by Crippen LogP contribution is 2.51. The second kappa shape index (κ2) is 4.31.